The van der Waals surface area contributed by atoms with E-state index in [0.29, 0.717) is 17.7 Å². The first-order valence-electron chi connectivity index (χ1n) is 9.26. The third-order valence-electron chi connectivity index (χ3n) is 4.09. The molecule has 148 valence electrons. The highest BCUT2D eigenvalue weighted by molar-refractivity contribution is 5.82. The highest BCUT2D eigenvalue weighted by Crippen LogP contribution is 2.22. The van der Waals surface area contributed by atoms with Crippen LogP contribution in [0.3, 0.4) is 0 Å². The van der Waals surface area contributed by atoms with Crippen LogP contribution in [0.1, 0.15) is 25.0 Å². The summed E-state index contributed by atoms with van der Waals surface area (Å²) >= 11 is 0. The average molecular weight is 387 g/mol. The molecule has 3 rings (SSSR count). The number of hydrogen-bond acceptors (Lipinski definition) is 4. The van der Waals surface area contributed by atoms with Crippen molar-refractivity contribution in [3.05, 3.63) is 89.5 Å². The molecule has 0 aliphatic rings. The fraction of sp³-hybridized carbons (Fsp3) is 0.160. The highest BCUT2D eigenvalue weighted by Gasteiger charge is 2.06. The predicted molar refractivity (Wildman–Crippen MR) is 116 cm³/mol. The molecule has 0 fully saturated rings. The van der Waals surface area contributed by atoms with Crippen LogP contribution in [-0.2, 0) is 16.0 Å². The zero-order valence-corrected chi connectivity index (χ0v) is 16.6. The minimum atomic E-state index is 0. The third-order valence-corrected chi connectivity index (χ3v) is 4.09. The molecular formula is C25H25NO3. The summed E-state index contributed by atoms with van der Waals surface area (Å²) in [6.45, 7) is 3.52. The van der Waals surface area contributed by atoms with E-state index in [1.807, 2.05) is 67.6 Å². The van der Waals surface area contributed by atoms with E-state index in [9.17, 15) is 4.79 Å². The fourth-order valence-corrected chi connectivity index (χ4v) is 2.75. The lowest BCUT2D eigenvalue weighted by Crippen LogP contribution is -2.13. The van der Waals surface area contributed by atoms with Gasteiger partial charge in [-0.05, 0) is 54.8 Å². The average Bonchev–Trinajstić information content (AvgIpc) is 2.73. The highest BCUT2D eigenvalue weighted by atomic mass is 16.5. The Morgan fingerprint density at radius 3 is 2.17 bits per heavy atom. The maximum atomic E-state index is 12.1. The number of nitriles is 1. The Morgan fingerprint density at radius 2 is 1.62 bits per heavy atom. The quantitative estimate of drug-likeness (QED) is 0.547. The molecular weight excluding hydrogens is 362 g/mol. The number of benzene rings is 3. The number of ether oxygens (including phenoxy) is 1. The molecule has 0 atom stereocenters. The molecule has 0 unspecified atom stereocenters. The molecule has 0 aromatic heterocycles. The lowest BCUT2D eigenvalue weighted by Gasteiger charge is -2.08. The molecule has 0 aliphatic heterocycles. The summed E-state index contributed by atoms with van der Waals surface area (Å²) in [5.74, 6) is 0.715. The Kier molecular flexibility index (Phi) is 8.34. The fourth-order valence-electron chi connectivity index (χ4n) is 2.75. The van der Waals surface area contributed by atoms with Crippen LogP contribution < -0.4 is 4.74 Å². The van der Waals surface area contributed by atoms with Gasteiger partial charge in [0.2, 0.25) is 0 Å². The van der Waals surface area contributed by atoms with Crippen molar-refractivity contribution in [2.45, 2.75) is 20.3 Å². The molecule has 0 heterocycles. The minimum Gasteiger partial charge on any atom is -0.486 e. The number of aldehydes is 1. The van der Waals surface area contributed by atoms with Gasteiger partial charge in [-0.15, -0.1) is 0 Å². The van der Waals surface area contributed by atoms with E-state index in [2.05, 4.69) is 6.07 Å². The normalized spacial score (nSPS) is 9.55. The molecule has 0 spiro atoms. The first-order valence-corrected chi connectivity index (χ1v) is 9.26. The van der Waals surface area contributed by atoms with Crippen LogP contribution in [0, 0.1) is 18.3 Å². The van der Waals surface area contributed by atoms with Crippen LogP contribution in [0.5, 0.6) is 5.75 Å². The van der Waals surface area contributed by atoms with Crippen molar-refractivity contribution in [1.82, 2.24) is 0 Å². The number of Topliss-reactive ketones (excluding diaryl/α,β-unsaturated/α-hetero) is 1. The van der Waals surface area contributed by atoms with Crippen LogP contribution in [-0.4, -0.2) is 18.7 Å². The molecule has 29 heavy (non-hydrogen) atoms. The van der Waals surface area contributed by atoms with Crippen molar-refractivity contribution in [3.63, 3.8) is 0 Å². The van der Waals surface area contributed by atoms with E-state index in [4.69, 9.17) is 14.8 Å². The van der Waals surface area contributed by atoms with Gasteiger partial charge in [-0.3, -0.25) is 4.79 Å². The number of carbonyl (C=O) groups is 2. The van der Waals surface area contributed by atoms with Gasteiger partial charge in [-0.25, -0.2) is 0 Å². The van der Waals surface area contributed by atoms with Gasteiger partial charge in [0.1, 0.15) is 18.6 Å². The van der Waals surface area contributed by atoms with Crippen molar-refractivity contribution in [3.8, 4) is 22.9 Å². The molecule has 0 N–H and O–H groups in total. The van der Waals surface area contributed by atoms with Crippen LogP contribution in [0.25, 0.3) is 11.1 Å². The Balaban J connectivity index is 0.00000106. The standard InChI is InChI=1S/C23H19NO2.C2H4O.H2/c1-17-3-2-4-19(13-17)14-22(25)16-26-23-11-9-21(10-12-23)20-7-5-18(15-24)6-8-20;1-2-3;/h2-13H,14,16H2,1H3;2H,1H3;1H. The number of nitrogens with zero attached hydrogens (tertiary/aromatic N) is 1. The number of ketones is 1. The zero-order valence-electron chi connectivity index (χ0n) is 16.6. The van der Waals surface area contributed by atoms with Crippen LogP contribution in [0.15, 0.2) is 72.8 Å². The topological polar surface area (TPSA) is 67.2 Å². The monoisotopic (exact) mass is 387 g/mol. The predicted octanol–water partition coefficient (Wildman–Crippen LogP) is 5.18. The SMILES string of the molecule is CC=O.Cc1cccc(CC(=O)COc2ccc(-c3ccc(C#N)cc3)cc2)c1.[HH]. The second kappa shape index (κ2) is 11.2. The Morgan fingerprint density at radius 1 is 1.03 bits per heavy atom. The summed E-state index contributed by atoms with van der Waals surface area (Å²) < 4.78 is 5.61. The first kappa shape index (κ1) is 21.6. The van der Waals surface area contributed by atoms with Crippen molar-refractivity contribution in [1.29, 1.82) is 5.26 Å². The lowest BCUT2D eigenvalue weighted by molar-refractivity contribution is -0.120. The molecule has 0 saturated heterocycles. The van der Waals surface area contributed by atoms with Gasteiger partial charge < -0.3 is 9.53 Å². The van der Waals surface area contributed by atoms with Gasteiger partial charge in [0.05, 0.1) is 11.6 Å². The van der Waals surface area contributed by atoms with Crippen LogP contribution in [0.4, 0.5) is 0 Å². The first-order chi connectivity index (χ1) is 14.0. The molecule has 0 amide bonds. The molecule has 0 aliphatic carbocycles. The van der Waals surface area contributed by atoms with Gasteiger partial charge in [-0.2, -0.15) is 5.26 Å². The van der Waals surface area contributed by atoms with Crippen molar-refractivity contribution < 1.29 is 15.8 Å². The molecule has 0 saturated carbocycles. The second-order valence-electron chi connectivity index (χ2n) is 6.44. The smallest absolute Gasteiger partial charge is 0.174 e. The molecule has 4 nitrogen and oxygen atoms in total. The van der Waals surface area contributed by atoms with Gasteiger partial charge in [0, 0.05) is 7.85 Å². The number of carbonyl (C=O) groups excluding carboxylic acids is 2. The number of aryl methyl sites for hydroxylation is 1. The summed E-state index contributed by atoms with van der Waals surface area (Å²) in [6.07, 6.45) is 1.13. The molecule has 0 bridgehead atoms. The van der Waals surface area contributed by atoms with E-state index >= 15 is 0 Å². The van der Waals surface area contributed by atoms with Crippen molar-refractivity contribution in [2.24, 2.45) is 0 Å². The number of hydrogen-bond donors (Lipinski definition) is 0. The van der Waals surface area contributed by atoms with Gasteiger partial charge >= 0.3 is 0 Å². The molecule has 3 aromatic rings. The summed E-state index contributed by atoms with van der Waals surface area (Å²) in [5.41, 5.74) is 4.87. The summed E-state index contributed by atoms with van der Waals surface area (Å²) in [5, 5.41) is 8.85. The van der Waals surface area contributed by atoms with Gasteiger partial charge in [-0.1, -0.05) is 54.1 Å². The molecule has 0 radical (unpaired) electrons. The second-order valence-corrected chi connectivity index (χ2v) is 6.44. The van der Waals surface area contributed by atoms with E-state index < -0.39 is 0 Å². The van der Waals surface area contributed by atoms with Crippen molar-refractivity contribution in [2.75, 3.05) is 6.61 Å². The Hall–Kier alpha value is -3.71. The zero-order chi connectivity index (χ0) is 21.1. The number of rotatable bonds is 6. The van der Waals surface area contributed by atoms with Gasteiger partial charge in [0.25, 0.3) is 0 Å². The maximum Gasteiger partial charge on any atom is 0.174 e. The summed E-state index contributed by atoms with van der Waals surface area (Å²) in [6, 6.07) is 25.1. The maximum absolute atomic E-state index is 12.1. The van der Waals surface area contributed by atoms with Crippen molar-refractivity contribution >= 4 is 12.1 Å². The summed E-state index contributed by atoms with van der Waals surface area (Å²) in [7, 11) is 0. The third kappa shape index (κ3) is 7.08. The summed E-state index contributed by atoms with van der Waals surface area (Å²) in [4.78, 5) is 20.9. The Labute approximate surface area is 172 Å². The minimum absolute atomic E-state index is 0. The van der Waals surface area contributed by atoms with E-state index in [1.165, 1.54) is 6.92 Å². The van der Waals surface area contributed by atoms with Crippen LogP contribution >= 0.6 is 0 Å². The van der Waals surface area contributed by atoms with E-state index in [-0.39, 0.29) is 13.8 Å². The van der Waals surface area contributed by atoms with Gasteiger partial charge in [0.15, 0.2) is 5.78 Å². The molecule has 4 heteroatoms. The van der Waals surface area contributed by atoms with E-state index in [0.717, 1.165) is 28.5 Å². The van der Waals surface area contributed by atoms with Crippen LogP contribution in [0.2, 0.25) is 0 Å². The van der Waals surface area contributed by atoms with E-state index in [1.54, 1.807) is 12.1 Å². The molecule has 3 aromatic carbocycles. The lowest BCUT2D eigenvalue weighted by atomic mass is 10.0. The largest absolute Gasteiger partial charge is 0.486 e. The Bertz CT molecular complexity index is 990.